The Morgan fingerprint density at radius 3 is 2.65 bits per heavy atom. The quantitative estimate of drug-likeness (QED) is 0.374. The minimum atomic E-state index is -0.0278. The summed E-state index contributed by atoms with van der Waals surface area (Å²) in [6.45, 7) is 9.88. The molecule has 0 radical (unpaired) electrons. The SMILES string of the molecule is CCn1c(SCCCOc2c(C=O)cccc2OC)nnc1C(C)(C)C. The highest BCUT2D eigenvalue weighted by atomic mass is 32.2. The number of nitrogens with zero attached hydrogens (tertiary/aromatic N) is 3. The van der Waals surface area contributed by atoms with Crippen LogP contribution in [0.3, 0.4) is 0 Å². The lowest BCUT2D eigenvalue weighted by Crippen LogP contribution is -2.19. The summed E-state index contributed by atoms with van der Waals surface area (Å²) < 4.78 is 13.2. The molecular formula is C19H27N3O3S. The molecule has 0 unspecified atom stereocenters. The molecule has 2 aromatic rings. The van der Waals surface area contributed by atoms with Crippen LogP contribution in [0.4, 0.5) is 0 Å². The topological polar surface area (TPSA) is 66.2 Å². The van der Waals surface area contributed by atoms with Gasteiger partial charge in [-0.25, -0.2) is 0 Å². The number of thioether (sulfide) groups is 1. The minimum Gasteiger partial charge on any atom is -0.493 e. The van der Waals surface area contributed by atoms with Crippen LogP contribution in [-0.2, 0) is 12.0 Å². The number of methoxy groups -OCH3 is 1. The molecule has 142 valence electrons. The van der Waals surface area contributed by atoms with E-state index in [2.05, 4.69) is 42.5 Å². The third kappa shape index (κ3) is 4.78. The molecule has 2 rings (SSSR count). The van der Waals surface area contributed by atoms with Crippen molar-refractivity contribution in [1.82, 2.24) is 14.8 Å². The van der Waals surface area contributed by atoms with Gasteiger partial charge in [-0.3, -0.25) is 4.79 Å². The first-order chi connectivity index (χ1) is 12.4. The van der Waals surface area contributed by atoms with Crippen molar-refractivity contribution in [3.8, 4) is 11.5 Å². The van der Waals surface area contributed by atoms with Crippen molar-refractivity contribution < 1.29 is 14.3 Å². The van der Waals surface area contributed by atoms with Crippen LogP contribution in [0.2, 0.25) is 0 Å². The number of benzene rings is 1. The minimum absolute atomic E-state index is 0.0278. The van der Waals surface area contributed by atoms with Crippen molar-refractivity contribution in [2.75, 3.05) is 19.5 Å². The van der Waals surface area contributed by atoms with Crippen LogP contribution in [0.1, 0.15) is 50.3 Å². The van der Waals surface area contributed by atoms with Crippen LogP contribution in [0, 0.1) is 0 Å². The average molecular weight is 378 g/mol. The normalized spacial score (nSPS) is 11.4. The third-order valence-corrected chi connectivity index (χ3v) is 4.88. The Hall–Kier alpha value is -2.02. The van der Waals surface area contributed by atoms with Crippen LogP contribution in [0.25, 0.3) is 0 Å². The summed E-state index contributed by atoms with van der Waals surface area (Å²) in [4.78, 5) is 11.2. The second-order valence-corrected chi connectivity index (χ2v) is 7.91. The molecule has 0 atom stereocenters. The molecule has 0 N–H and O–H groups in total. The van der Waals surface area contributed by atoms with Gasteiger partial charge < -0.3 is 14.0 Å². The molecule has 1 aromatic carbocycles. The van der Waals surface area contributed by atoms with Gasteiger partial charge in [0.15, 0.2) is 22.9 Å². The van der Waals surface area contributed by atoms with Gasteiger partial charge in [-0.2, -0.15) is 0 Å². The van der Waals surface area contributed by atoms with Crippen molar-refractivity contribution >= 4 is 18.0 Å². The first-order valence-corrected chi connectivity index (χ1v) is 9.72. The molecule has 0 spiro atoms. The van der Waals surface area contributed by atoms with E-state index in [1.807, 2.05) is 0 Å². The lowest BCUT2D eigenvalue weighted by molar-refractivity contribution is 0.111. The van der Waals surface area contributed by atoms with E-state index >= 15 is 0 Å². The van der Waals surface area contributed by atoms with Crippen LogP contribution in [0.15, 0.2) is 23.4 Å². The van der Waals surface area contributed by atoms with Gasteiger partial charge in [0, 0.05) is 17.7 Å². The Balaban J connectivity index is 1.91. The molecule has 0 fully saturated rings. The molecule has 7 heteroatoms. The number of rotatable bonds is 9. The highest BCUT2D eigenvalue weighted by Crippen LogP contribution is 2.30. The van der Waals surface area contributed by atoms with Gasteiger partial charge >= 0.3 is 0 Å². The van der Waals surface area contributed by atoms with Crippen LogP contribution in [0.5, 0.6) is 11.5 Å². The molecule has 0 aliphatic carbocycles. The summed E-state index contributed by atoms with van der Waals surface area (Å²) in [6, 6.07) is 5.28. The first-order valence-electron chi connectivity index (χ1n) is 8.73. The second kappa shape index (κ2) is 9.07. The summed E-state index contributed by atoms with van der Waals surface area (Å²) in [5.41, 5.74) is 0.470. The Bertz CT molecular complexity index is 738. The summed E-state index contributed by atoms with van der Waals surface area (Å²) >= 11 is 1.67. The van der Waals surface area contributed by atoms with Crippen molar-refractivity contribution in [3.63, 3.8) is 0 Å². The highest BCUT2D eigenvalue weighted by Gasteiger charge is 2.23. The first kappa shape index (κ1) is 20.3. The molecule has 26 heavy (non-hydrogen) atoms. The van der Waals surface area contributed by atoms with Gasteiger partial charge in [0.1, 0.15) is 5.82 Å². The average Bonchev–Trinajstić information content (AvgIpc) is 3.04. The van der Waals surface area contributed by atoms with E-state index in [0.29, 0.717) is 23.7 Å². The number of aldehydes is 1. The fourth-order valence-corrected chi connectivity index (χ4v) is 3.49. The Labute approximate surface area is 159 Å². The Morgan fingerprint density at radius 1 is 1.27 bits per heavy atom. The summed E-state index contributed by atoms with van der Waals surface area (Å²) in [5.74, 6) is 2.93. The van der Waals surface area contributed by atoms with Crippen LogP contribution < -0.4 is 9.47 Å². The van der Waals surface area contributed by atoms with Crippen molar-refractivity contribution in [1.29, 1.82) is 0 Å². The Morgan fingerprint density at radius 2 is 2.04 bits per heavy atom. The molecular weight excluding hydrogens is 350 g/mol. The van der Waals surface area contributed by atoms with E-state index < -0.39 is 0 Å². The van der Waals surface area contributed by atoms with Gasteiger partial charge in [-0.05, 0) is 25.5 Å². The van der Waals surface area contributed by atoms with E-state index in [-0.39, 0.29) is 5.41 Å². The van der Waals surface area contributed by atoms with E-state index in [1.165, 1.54) is 0 Å². The maximum Gasteiger partial charge on any atom is 0.191 e. The molecule has 0 saturated heterocycles. The molecule has 0 aliphatic rings. The van der Waals surface area contributed by atoms with Crippen LogP contribution in [-0.4, -0.2) is 40.5 Å². The number of hydrogen-bond acceptors (Lipinski definition) is 6. The highest BCUT2D eigenvalue weighted by molar-refractivity contribution is 7.99. The maximum absolute atomic E-state index is 11.2. The fraction of sp³-hybridized carbons (Fsp3) is 0.526. The largest absolute Gasteiger partial charge is 0.493 e. The molecule has 0 aliphatic heterocycles. The number of para-hydroxylation sites is 1. The number of aromatic nitrogens is 3. The molecule has 1 heterocycles. The zero-order chi connectivity index (χ0) is 19.2. The summed E-state index contributed by atoms with van der Waals surface area (Å²) in [5, 5.41) is 9.62. The van der Waals surface area contributed by atoms with Gasteiger partial charge in [0.2, 0.25) is 0 Å². The molecule has 0 amide bonds. The zero-order valence-electron chi connectivity index (χ0n) is 16.1. The van der Waals surface area contributed by atoms with E-state index in [4.69, 9.17) is 9.47 Å². The van der Waals surface area contributed by atoms with Crippen molar-refractivity contribution in [2.24, 2.45) is 0 Å². The van der Waals surface area contributed by atoms with E-state index in [9.17, 15) is 4.79 Å². The predicted octanol–water partition coefficient (Wildman–Crippen LogP) is 3.98. The molecule has 0 saturated carbocycles. The number of carbonyl (C=O) groups excluding carboxylic acids is 1. The second-order valence-electron chi connectivity index (χ2n) is 6.85. The lowest BCUT2D eigenvalue weighted by atomic mass is 9.96. The number of ether oxygens (including phenoxy) is 2. The summed E-state index contributed by atoms with van der Waals surface area (Å²) in [7, 11) is 1.57. The van der Waals surface area contributed by atoms with Crippen molar-refractivity contribution in [2.45, 2.75) is 51.2 Å². The number of hydrogen-bond donors (Lipinski definition) is 0. The zero-order valence-corrected chi connectivity index (χ0v) is 16.9. The van der Waals surface area contributed by atoms with E-state index in [1.54, 1.807) is 37.1 Å². The summed E-state index contributed by atoms with van der Waals surface area (Å²) in [6.07, 6.45) is 1.60. The van der Waals surface area contributed by atoms with Gasteiger partial charge in [-0.15, -0.1) is 10.2 Å². The standard InChI is InChI=1S/C19H27N3O3S/c1-6-22-17(19(2,3)4)20-21-18(22)26-12-8-11-25-16-14(13-23)9-7-10-15(16)24-5/h7,9-10,13H,6,8,11-12H2,1-5H3. The van der Waals surface area contributed by atoms with Gasteiger partial charge in [0.05, 0.1) is 19.3 Å². The predicted molar refractivity (Wildman–Crippen MR) is 104 cm³/mol. The van der Waals surface area contributed by atoms with E-state index in [0.717, 1.165) is 36.0 Å². The monoisotopic (exact) mass is 377 g/mol. The fourth-order valence-electron chi connectivity index (χ4n) is 2.57. The third-order valence-electron chi connectivity index (χ3n) is 3.83. The Kier molecular flexibility index (Phi) is 7.08. The molecule has 6 nitrogen and oxygen atoms in total. The van der Waals surface area contributed by atoms with Crippen molar-refractivity contribution in [3.05, 3.63) is 29.6 Å². The van der Waals surface area contributed by atoms with Gasteiger partial charge in [-0.1, -0.05) is 38.6 Å². The lowest BCUT2D eigenvalue weighted by Gasteiger charge is -2.18. The molecule has 0 bridgehead atoms. The smallest absolute Gasteiger partial charge is 0.191 e. The molecule has 1 aromatic heterocycles. The van der Waals surface area contributed by atoms with Crippen LogP contribution >= 0.6 is 11.8 Å². The number of carbonyl (C=O) groups is 1. The maximum atomic E-state index is 11.2. The van der Waals surface area contributed by atoms with Gasteiger partial charge in [0.25, 0.3) is 0 Å².